The molecule has 1 atom stereocenters. The van der Waals surface area contributed by atoms with Crippen LogP contribution in [0.25, 0.3) is 5.57 Å². The highest BCUT2D eigenvalue weighted by Crippen LogP contribution is 2.46. The van der Waals surface area contributed by atoms with Crippen molar-refractivity contribution in [2.24, 2.45) is 0 Å². The molecule has 0 aliphatic carbocycles. The van der Waals surface area contributed by atoms with E-state index in [4.69, 9.17) is 14.2 Å². The van der Waals surface area contributed by atoms with Crippen LogP contribution in [0.4, 0.5) is 13.2 Å². The normalized spacial score (nSPS) is 16.2. The largest absolute Gasteiger partial charge is 0.494 e. The lowest BCUT2D eigenvalue weighted by Gasteiger charge is -2.39. The number of halogens is 3. The van der Waals surface area contributed by atoms with Gasteiger partial charge in [-0.1, -0.05) is 19.6 Å². The van der Waals surface area contributed by atoms with E-state index in [2.05, 4.69) is 24.6 Å². The van der Waals surface area contributed by atoms with E-state index in [1.54, 1.807) is 33.0 Å². The zero-order valence-electron chi connectivity index (χ0n) is 21.7. The summed E-state index contributed by atoms with van der Waals surface area (Å²) in [6.45, 7) is 13.1. The number of carbonyl (C=O) groups is 1. The first-order chi connectivity index (χ1) is 16.9. The van der Waals surface area contributed by atoms with Crippen LogP contribution in [0, 0.1) is 0 Å². The summed E-state index contributed by atoms with van der Waals surface area (Å²) in [5.74, 6) is -0.152. The van der Waals surface area contributed by atoms with Crippen LogP contribution in [0.15, 0.2) is 36.2 Å². The molecule has 10 heteroatoms. The zero-order valence-corrected chi connectivity index (χ0v) is 22.7. The molecule has 1 aliphatic rings. The van der Waals surface area contributed by atoms with Gasteiger partial charge in [0.2, 0.25) is 0 Å². The number of H-pyrrole nitrogens is 1. The summed E-state index contributed by atoms with van der Waals surface area (Å²) in [5, 5.41) is 0. The van der Waals surface area contributed by atoms with Crippen LogP contribution >= 0.6 is 0 Å². The Kier molecular flexibility index (Phi) is 8.61. The van der Waals surface area contributed by atoms with E-state index in [1.165, 1.54) is 6.07 Å². The average Bonchev–Trinajstić information content (AvgIpc) is 3.25. The number of ether oxygens (including phenoxy) is 3. The molecule has 3 rings (SSSR count). The van der Waals surface area contributed by atoms with Crippen molar-refractivity contribution < 1.29 is 32.2 Å². The van der Waals surface area contributed by atoms with Crippen molar-refractivity contribution in [2.45, 2.75) is 58.7 Å². The monoisotopic (exact) mass is 524 g/mol. The molecule has 0 saturated heterocycles. The minimum absolute atomic E-state index is 0.0936. The fourth-order valence-electron chi connectivity index (χ4n) is 4.24. The number of aromatic amines is 1. The number of esters is 1. The Bertz CT molecular complexity index is 1110. The third kappa shape index (κ3) is 6.15. The Hall–Kier alpha value is -2.72. The predicted molar refractivity (Wildman–Crippen MR) is 135 cm³/mol. The maximum Gasteiger partial charge on any atom is 0.416 e. The molecule has 0 fully saturated rings. The van der Waals surface area contributed by atoms with Gasteiger partial charge in [-0.2, -0.15) is 13.2 Å². The molecule has 1 aliphatic heterocycles. The Morgan fingerprint density at radius 2 is 1.83 bits per heavy atom. The van der Waals surface area contributed by atoms with E-state index >= 15 is 0 Å². The highest BCUT2D eigenvalue weighted by Gasteiger charge is 2.39. The van der Waals surface area contributed by atoms with Gasteiger partial charge in [0.05, 0.1) is 30.5 Å². The molecule has 0 amide bonds. The van der Waals surface area contributed by atoms with Gasteiger partial charge in [-0.3, -0.25) is 0 Å². The molecule has 0 spiro atoms. The Balaban J connectivity index is 2.15. The van der Waals surface area contributed by atoms with Crippen LogP contribution in [0.1, 0.15) is 49.2 Å². The van der Waals surface area contributed by atoms with Crippen molar-refractivity contribution in [3.8, 4) is 5.75 Å². The summed E-state index contributed by atoms with van der Waals surface area (Å²) in [5.41, 5.74) is 1.65. The fourth-order valence-corrected chi connectivity index (χ4v) is 5.00. The zero-order chi connectivity index (χ0) is 26.7. The number of hydrogen-bond acceptors (Lipinski definition) is 5. The van der Waals surface area contributed by atoms with E-state index in [-0.39, 0.29) is 13.3 Å². The van der Waals surface area contributed by atoms with Crippen molar-refractivity contribution in [1.29, 1.82) is 0 Å². The summed E-state index contributed by atoms with van der Waals surface area (Å²) in [4.78, 5) is 17.9. The predicted octanol–water partition coefficient (Wildman–Crippen LogP) is 6.44. The standard InChI is InChI=1S/C26H35F3N2O4Si/c1-7-34-21-10-9-18(26(27,28)29)15-20(21)24-19-11-12-30-23(19)22(25(32)35-8-2)17(3)31(24)16-33-13-14-36(4,5)6/h9-12,15,24,30H,7-8,13-14,16H2,1-6H3. The van der Waals surface area contributed by atoms with Gasteiger partial charge in [0.1, 0.15) is 18.1 Å². The number of rotatable bonds is 10. The molecule has 1 aromatic carbocycles. The van der Waals surface area contributed by atoms with Crippen molar-refractivity contribution in [3.05, 3.63) is 58.5 Å². The quantitative estimate of drug-likeness (QED) is 0.220. The maximum atomic E-state index is 13.7. The molecule has 0 radical (unpaired) electrons. The third-order valence-electron chi connectivity index (χ3n) is 6.07. The average molecular weight is 525 g/mol. The lowest BCUT2D eigenvalue weighted by atomic mass is 9.88. The van der Waals surface area contributed by atoms with E-state index in [0.29, 0.717) is 47.1 Å². The number of fused-ring (bicyclic) bond motifs is 1. The number of carbonyl (C=O) groups excluding carboxylic acids is 1. The second-order valence-electron chi connectivity index (χ2n) is 9.89. The van der Waals surface area contributed by atoms with E-state index in [9.17, 15) is 18.0 Å². The van der Waals surface area contributed by atoms with Crippen LogP contribution in [-0.4, -0.2) is 50.5 Å². The molecule has 2 aromatic rings. The molecule has 0 bridgehead atoms. The van der Waals surface area contributed by atoms with Crippen LogP contribution in [-0.2, 0) is 20.4 Å². The molecule has 36 heavy (non-hydrogen) atoms. The Morgan fingerprint density at radius 1 is 1.11 bits per heavy atom. The number of allylic oxidation sites excluding steroid dienone is 1. The number of alkyl halides is 3. The van der Waals surface area contributed by atoms with E-state index < -0.39 is 31.8 Å². The first kappa shape index (κ1) is 27.9. The molecule has 198 valence electrons. The van der Waals surface area contributed by atoms with E-state index in [0.717, 1.165) is 18.2 Å². The Morgan fingerprint density at radius 3 is 2.44 bits per heavy atom. The molecule has 1 aromatic heterocycles. The third-order valence-corrected chi connectivity index (χ3v) is 7.77. The SMILES string of the molecule is CCOC(=O)C1=C(C)N(COCC[Si](C)(C)C)C(c2cc(C(F)(F)F)ccc2OCC)c2cc[nH]c21. The summed E-state index contributed by atoms with van der Waals surface area (Å²) < 4.78 is 58.3. The second kappa shape index (κ2) is 11.1. The highest BCUT2D eigenvalue weighted by atomic mass is 28.3. The van der Waals surface area contributed by atoms with Crippen molar-refractivity contribution >= 4 is 19.6 Å². The van der Waals surface area contributed by atoms with Crippen molar-refractivity contribution in [1.82, 2.24) is 9.88 Å². The lowest BCUT2D eigenvalue weighted by Crippen LogP contribution is -2.36. The molecular formula is C26H35F3N2O4Si. The minimum Gasteiger partial charge on any atom is -0.494 e. The molecule has 1 N–H and O–H groups in total. The van der Waals surface area contributed by atoms with Crippen LogP contribution in [0.5, 0.6) is 5.75 Å². The van der Waals surface area contributed by atoms with Crippen molar-refractivity contribution in [3.63, 3.8) is 0 Å². The van der Waals surface area contributed by atoms with Crippen molar-refractivity contribution in [2.75, 3.05) is 26.6 Å². The number of nitrogens with zero attached hydrogens (tertiary/aromatic N) is 1. The maximum absolute atomic E-state index is 13.7. The minimum atomic E-state index is -4.52. The number of benzene rings is 1. The lowest BCUT2D eigenvalue weighted by molar-refractivity contribution is -0.138. The first-order valence-electron chi connectivity index (χ1n) is 12.1. The smallest absolute Gasteiger partial charge is 0.416 e. The summed E-state index contributed by atoms with van der Waals surface area (Å²) in [6, 6.07) is 5.55. The first-order valence-corrected chi connectivity index (χ1v) is 15.8. The van der Waals surface area contributed by atoms with Gasteiger partial charge in [-0.15, -0.1) is 0 Å². The number of hydrogen-bond donors (Lipinski definition) is 1. The van der Waals surface area contributed by atoms with Gasteiger partial charge >= 0.3 is 12.1 Å². The fraction of sp³-hybridized carbons (Fsp3) is 0.500. The van der Waals surface area contributed by atoms with Crippen LogP contribution in [0.2, 0.25) is 25.7 Å². The van der Waals surface area contributed by atoms with Gasteiger partial charge in [0, 0.05) is 37.7 Å². The van der Waals surface area contributed by atoms with Gasteiger partial charge < -0.3 is 24.1 Å². The summed E-state index contributed by atoms with van der Waals surface area (Å²) in [6.07, 6.45) is -2.84. The molecule has 2 heterocycles. The Labute approximate surface area is 211 Å². The highest BCUT2D eigenvalue weighted by molar-refractivity contribution is 6.76. The van der Waals surface area contributed by atoms with Crippen LogP contribution < -0.4 is 4.74 Å². The summed E-state index contributed by atoms with van der Waals surface area (Å²) in [7, 11) is -1.36. The van der Waals surface area contributed by atoms with Crippen LogP contribution in [0.3, 0.4) is 0 Å². The van der Waals surface area contributed by atoms with Gasteiger partial charge in [0.15, 0.2) is 0 Å². The molecule has 1 unspecified atom stereocenters. The molecular weight excluding hydrogens is 489 g/mol. The number of aromatic nitrogens is 1. The molecule has 6 nitrogen and oxygen atoms in total. The van der Waals surface area contributed by atoms with Gasteiger partial charge in [0.25, 0.3) is 0 Å². The van der Waals surface area contributed by atoms with E-state index in [1.807, 2.05) is 4.90 Å². The summed E-state index contributed by atoms with van der Waals surface area (Å²) >= 11 is 0. The topological polar surface area (TPSA) is 63.8 Å². The molecule has 0 saturated carbocycles. The van der Waals surface area contributed by atoms with Gasteiger partial charge in [-0.05, 0) is 51.1 Å². The second-order valence-corrected chi connectivity index (χ2v) is 15.5. The van der Waals surface area contributed by atoms with Gasteiger partial charge in [-0.25, -0.2) is 4.79 Å². The number of nitrogens with one attached hydrogen (secondary N) is 1.